The van der Waals surface area contributed by atoms with Crippen molar-refractivity contribution >= 4 is 0 Å². The minimum absolute atomic E-state index is 0.538. The summed E-state index contributed by atoms with van der Waals surface area (Å²) in [4.78, 5) is 0. The van der Waals surface area contributed by atoms with Crippen molar-refractivity contribution in [3.63, 3.8) is 0 Å². The van der Waals surface area contributed by atoms with Crippen molar-refractivity contribution < 1.29 is 0 Å². The molecule has 0 aromatic rings. The third kappa shape index (κ3) is 2.21. The summed E-state index contributed by atoms with van der Waals surface area (Å²) in [6.45, 7) is 4.59. The fraction of sp³-hybridized carbons (Fsp3) is 0.909. The molecule has 1 aliphatic rings. The molecule has 1 saturated carbocycles. The van der Waals surface area contributed by atoms with Crippen molar-refractivity contribution in [1.29, 1.82) is 0 Å². The summed E-state index contributed by atoms with van der Waals surface area (Å²) in [5.41, 5.74) is 0.538. The van der Waals surface area contributed by atoms with Gasteiger partial charge in [0.1, 0.15) is 0 Å². The Morgan fingerprint density at radius 3 is 2.64 bits per heavy atom. The Morgan fingerprint density at radius 1 is 1.36 bits per heavy atom. The first-order chi connectivity index (χ1) is 5.33. The second kappa shape index (κ2) is 4.13. The van der Waals surface area contributed by atoms with Crippen molar-refractivity contribution in [1.82, 2.24) is 0 Å². The SMILES string of the molecule is CCCCC1(CC)[C]CCC1. The first-order valence-corrected chi connectivity index (χ1v) is 5.08. The fourth-order valence-corrected chi connectivity index (χ4v) is 2.08. The Labute approximate surface area is 71.4 Å². The van der Waals surface area contributed by atoms with E-state index in [1.54, 1.807) is 0 Å². The highest BCUT2D eigenvalue weighted by molar-refractivity contribution is 4.96. The van der Waals surface area contributed by atoms with Crippen LogP contribution in [0.5, 0.6) is 0 Å². The standard InChI is InChI=1S/C11H20/c1-3-5-8-11(4-2)9-6-7-10-11/h3-9H2,1-2H3. The molecule has 0 saturated heterocycles. The van der Waals surface area contributed by atoms with Crippen LogP contribution >= 0.6 is 0 Å². The lowest BCUT2D eigenvalue weighted by Gasteiger charge is -2.26. The van der Waals surface area contributed by atoms with Crippen LogP contribution < -0.4 is 0 Å². The molecular weight excluding hydrogens is 132 g/mol. The van der Waals surface area contributed by atoms with Gasteiger partial charge in [-0.1, -0.05) is 33.1 Å². The average molecular weight is 152 g/mol. The molecule has 1 rings (SSSR count). The third-order valence-corrected chi connectivity index (χ3v) is 3.02. The molecule has 0 aliphatic heterocycles. The summed E-state index contributed by atoms with van der Waals surface area (Å²) >= 11 is 0. The number of unbranched alkanes of at least 4 members (excludes halogenated alkanes) is 1. The van der Waals surface area contributed by atoms with Crippen molar-refractivity contribution in [3.05, 3.63) is 6.42 Å². The van der Waals surface area contributed by atoms with Gasteiger partial charge in [0.05, 0.1) is 0 Å². The van der Waals surface area contributed by atoms with Crippen LogP contribution in [0.1, 0.15) is 58.8 Å². The molecule has 1 unspecified atom stereocenters. The van der Waals surface area contributed by atoms with Crippen molar-refractivity contribution in [2.45, 2.75) is 58.8 Å². The summed E-state index contributed by atoms with van der Waals surface area (Å²) in [5.74, 6) is 0. The quantitative estimate of drug-likeness (QED) is 0.574. The maximum atomic E-state index is 3.65. The summed E-state index contributed by atoms with van der Waals surface area (Å²) in [6, 6.07) is 0. The van der Waals surface area contributed by atoms with E-state index in [0.717, 1.165) is 0 Å². The lowest BCUT2D eigenvalue weighted by molar-refractivity contribution is 0.308. The van der Waals surface area contributed by atoms with Gasteiger partial charge in [0.15, 0.2) is 0 Å². The van der Waals surface area contributed by atoms with Crippen LogP contribution in [-0.2, 0) is 0 Å². The second-order valence-corrected chi connectivity index (χ2v) is 3.77. The van der Waals surface area contributed by atoms with Crippen LogP contribution in [0.3, 0.4) is 0 Å². The molecule has 0 aromatic carbocycles. The zero-order valence-corrected chi connectivity index (χ0v) is 7.95. The summed E-state index contributed by atoms with van der Waals surface area (Å²) < 4.78 is 0. The molecule has 0 bridgehead atoms. The van der Waals surface area contributed by atoms with Gasteiger partial charge < -0.3 is 0 Å². The van der Waals surface area contributed by atoms with E-state index in [4.69, 9.17) is 0 Å². The van der Waals surface area contributed by atoms with Gasteiger partial charge in [0, 0.05) is 0 Å². The van der Waals surface area contributed by atoms with Crippen molar-refractivity contribution in [2.75, 3.05) is 0 Å². The smallest absolute Gasteiger partial charge is 0.0106 e. The number of hydrogen-bond donors (Lipinski definition) is 0. The summed E-state index contributed by atoms with van der Waals surface area (Å²) in [7, 11) is 0. The zero-order valence-electron chi connectivity index (χ0n) is 7.95. The molecular formula is C11H20. The highest BCUT2D eigenvalue weighted by atomic mass is 14.4. The molecule has 0 N–H and O–H groups in total. The van der Waals surface area contributed by atoms with Crippen molar-refractivity contribution in [3.8, 4) is 0 Å². The van der Waals surface area contributed by atoms with Crippen LogP contribution in [0.2, 0.25) is 0 Å². The Hall–Kier alpha value is 0. The minimum Gasteiger partial charge on any atom is -0.0654 e. The molecule has 0 heterocycles. The van der Waals surface area contributed by atoms with E-state index in [1.165, 1.54) is 44.9 Å². The van der Waals surface area contributed by atoms with Crippen LogP contribution in [0.4, 0.5) is 0 Å². The van der Waals surface area contributed by atoms with Gasteiger partial charge in [-0.05, 0) is 37.5 Å². The molecule has 11 heavy (non-hydrogen) atoms. The van der Waals surface area contributed by atoms with Crippen LogP contribution in [0, 0.1) is 11.8 Å². The van der Waals surface area contributed by atoms with Crippen LogP contribution in [-0.4, -0.2) is 0 Å². The normalized spacial score (nSPS) is 22.4. The maximum Gasteiger partial charge on any atom is -0.0106 e. The topological polar surface area (TPSA) is 0 Å². The van der Waals surface area contributed by atoms with E-state index in [1.807, 2.05) is 0 Å². The monoisotopic (exact) mass is 152 g/mol. The summed E-state index contributed by atoms with van der Waals surface area (Å²) in [5, 5.41) is 0. The van der Waals surface area contributed by atoms with E-state index in [9.17, 15) is 0 Å². The van der Waals surface area contributed by atoms with Gasteiger partial charge in [-0.3, -0.25) is 0 Å². The maximum absolute atomic E-state index is 3.65. The Balaban J connectivity index is 2.33. The molecule has 2 radical (unpaired) electrons. The van der Waals surface area contributed by atoms with Gasteiger partial charge in [-0.15, -0.1) is 0 Å². The highest BCUT2D eigenvalue weighted by Crippen LogP contribution is 2.43. The summed E-state index contributed by atoms with van der Waals surface area (Å²) in [6.07, 6.45) is 13.1. The van der Waals surface area contributed by atoms with Gasteiger partial charge in [0.2, 0.25) is 0 Å². The van der Waals surface area contributed by atoms with Crippen LogP contribution in [0.15, 0.2) is 0 Å². The molecule has 0 spiro atoms. The zero-order chi connectivity index (χ0) is 8.16. The average Bonchev–Trinajstić information content (AvgIpc) is 2.50. The first kappa shape index (κ1) is 9.09. The van der Waals surface area contributed by atoms with E-state index in [0.29, 0.717) is 5.41 Å². The molecule has 64 valence electrons. The van der Waals surface area contributed by atoms with E-state index in [-0.39, 0.29) is 0 Å². The molecule has 0 heteroatoms. The second-order valence-electron chi connectivity index (χ2n) is 3.77. The van der Waals surface area contributed by atoms with Gasteiger partial charge in [0.25, 0.3) is 0 Å². The molecule has 1 atom stereocenters. The van der Waals surface area contributed by atoms with E-state index >= 15 is 0 Å². The molecule has 0 aromatic heterocycles. The van der Waals surface area contributed by atoms with E-state index in [2.05, 4.69) is 20.3 Å². The molecule has 0 nitrogen and oxygen atoms in total. The van der Waals surface area contributed by atoms with Gasteiger partial charge in [-0.25, -0.2) is 0 Å². The number of hydrogen-bond acceptors (Lipinski definition) is 0. The highest BCUT2D eigenvalue weighted by Gasteiger charge is 2.31. The molecule has 0 amide bonds. The minimum atomic E-state index is 0.538. The van der Waals surface area contributed by atoms with Gasteiger partial charge in [-0.2, -0.15) is 0 Å². The Morgan fingerprint density at radius 2 is 2.18 bits per heavy atom. The third-order valence-electron chi connectivity index (χ3n) is 3.02. The lowest BCUT2D eigenvalue weighted by atomic mass is 9.79. The Kier molecular flexibility index (Phi) is 3.42. The molecule has 1 fully saturated rings. The molecule has 1 aliphatic carbocycles. The van der Waals surface area contributed by atoms with Crippen molar-refractivity contribution in [2.24, 2.45) is 5.41 Å². The lowest BCUT2D eigenvalue weighted by Crippen LogP contribution is -2.14. The predicted octanol–water partition coefficient (Wildman–Crippen LogP) is 3.84. The fourth-order valence-electron chi connectivity index (χ4n) is 2.08. The largest absolute Gasteiger partial charge is 0.0654 e. The van der Waals surface area contributed by atoms with Crippen LogP contribution in [0.25, 0.3) is 0 Å². The number of rotatable bonds is 4. The van der Waals surface area contributed by atoms with E-state index < -0.39 is 0 Å². The predicted molar refractivity (Wildman–Crippen MR) is 49.3 cm³/mol. The first-order valence-electron chi connectivity index (χ1n) is 5.08. The Bertz CT molecular complexity index is 98.6. The van der Waals surface area contributed by atoms with Gasteiger partial charge >= 0.3 is 0 Å².